The van der Waals surface area contributed by atoms with Crippen LogP contribution in [0.1, 0.15) is 49.9 Å². The molecule has 2 atom stereocenters. The molecular weight excluding hydrogens is 326 g/mol. The molecule has 26 heavy (non-hydrogen) atoms. The van der Waals surface area contributed by atoms with Gasteiger partial charge in [0.1, 0.15) is 6.10 Å². The summed E-state index contributed by atoms with van der Waals surface area (Å²) in [6.45, 7) is 8.62. The average molecular weight is 355 g/mol. The number of rotatable bonds is 4. The van der Waals surface area contributed by atoms with Crippen LogP contribution in [0.3, 0.4) is 0 Å². The Bertz CT molecular complexity index is 642. The summed E-state index contributed by atoms with van der Waals surface area (Å²) in [5.41, 5.74) is 1.72. The molecule has 1 aromatic carbocycles. The van der Waals surface area contributed by atoms with Crippen LogP contribution in [-0.4, -0.2) is 49.2 Å². The number of benzene rings is 1. The molecule has 140 valence electrons. The highest BCUT2D eigenvalue weighted by molar-refractivity contribution is 5.90. The Balaban J connectivity index is 1.57. The lowest BCUT2D eigenvalue weighted by atomic mass is 9.87. The van der Waals surface area contributed by atoms with Gasteiger partial charge in [-0.05, 0) is 57.4 Å². The van der Waals surface area contributed by atoms with Crippen LogP contribution in [0.15, 0.2) is 24.3 Å². The zero-order valence-electron chi connectivity index (χ0n) is 15.9. The predicted octanol–water partition coefficient (Wildman–Crippen LogP) is 3.46. The van der Waals surface area contributed by atoms with Crippen LogP contribution in [0.25, 0.3) is 0 Å². The van der Waals surface area contributed by atoms with Crippen LogP contribution in [0.5, 0.6) is 0 Å². The molecule has 2 fully saturated rings. The van der Waals surface area contributed by atoms with Crippen LogP contribution < -0.4 is 4.90 Å². The van der Waals surface area contributed by atoms with Crippen LogP contribution in [0.4, 0.5) is 5.69 Å². The van der Waals surface area contributed by atoms with E-state index in [1.165, 1.54) is 0 Å². The number of nitrogens with zero attached hydrogens (tertiary/aromatic N) is 3. The lowest BCUT2D eigenvalue weighted by molar-refractivity contribution is 0.0107. The van der Waals surface area contributed by atoms with Gasteiger partial charge in [0.2, 0.25) is 0 Å². The van der Waals surface area contributed by atoms with Crippen molar-refractivity contribution < 1.29 is 9.53 Å². The van der Waals surface area contributed by atoms with E-state index in [0.29, 0.717) is 11.6 Å². The number of ether oxygens (including phenoxy) is 1. The quantitative estimate of drug-likeness (QED) is 0.774. The van der Waals surface area contributed by atoms with E-state index in [1.807, 2.05) is 24.3 Å². The third-order valence-corrected chi connectivity index (χ3v) is 5.64. The van der Waals surface area contributed by atoms with Gasteiger partial charge in [0.15, 0.2) is 0 Å². The molecule has 0 radical (unpaired) electrons. The summed E-state index contributed by atoms with van der Waals surface area (Å²) in [5, 5.41) is 9.23. The summed E-state index contributed by atoms with van der Waals surface area (Å²) in [5.74, 6) is -0.474. The van der Waals surface area contributed by atoms with Gasteiger partial charge >= 0.3 is 5.97 Å². The van der Waals surface area contributed by atoms with Crippen LogP contribution >= 0.6 is 0 Å². The lowest BCUT2D eigenvalue weighted by Gasteiger charge is -2.38. The standard InChI is InChI=1S/C21H29N3O2/c1-16(2)23-11-13-24(14-12-23)19-9-7-17(8-10-19)21(25)26-20-6-4-3-5-18(20)15-22/h7-10,16,18,20H,3-6,11-14H2,1-2H3/t18-,20-/m0/s1. The summed E-state index contributed by atoms with van der Waals surface area (Å²) in [7, 11) is 0. The minimum atomic E-state index is -0.312. The van der Waals surface area contributed by atoms with Crippen LogP contribution in [0.2, 0.25) is 0 Å². The first-order valence-corrected chi connectivity index (χ1v) is 9.78. The fourth-order valence-electron chi connectivity index (χ4n) is 3.90. The van der Waals surface area contributed by atoms with Gasteiger partial charge in [-0.1, -0.05) is 6.42 Å². The Morgan fingerprint density at radius 2 is 1.77 bits per heavy atom. The second-order valence-corrected chi connectivity index (χ2v) is 7.63. The summed E-state index contributed by atoms with van der Waals surface area (Å²) < 4.78 is 5.62. The molecule has 1 aliphatic carbocycles. The first-order valence-electron chi connectivity index (χ1n) is 9.78. The van der Waals surface area contributed by atoms with E-state index in [2.05, 4.69) is 29.7 Å². The third-order valence-electron chi connectivity index (χ3n) is 5.64. The Morgan fingerprint density at radius 1 is 1.12 bits per heavy atom. The van der Waals surface area contributed by atoms with Gasteiger partial charge in [0.05, 0.1) is 17.6 Å². The normalized spacial score (nSPS) is 24.3. The number of carbonyl (C=O) groups excluding carboxylic acids is 1. The minimum Gasteiger partial charge on any atom is -0.457 e. The highest BCUT2D eigenvalue weighted by atomic mass is 16.5. The summed E-state index contributed by atoms with van der Waals surface area (Å²) >= 11 is 0. The molecule has 0 amide bonds. The lowest BCUT2D eigenvalue weighted by Crippen LogP contribution is -2.48. The molecule has 2 aliphatic rings. The fraction of sp³-hybridized carbons (Fsp3) is 0.619. The second kappa shape index (κ2) is 8.55. The number of piperazine rings is 1. The molecule has 0 bridgehead atoms. The summed E-state index contributed by atoms with van der Waals surface area (Å²) in [6, 6.07) is 10.6. The van der Waals surface area contributed by atoms with Crippen molar-refractivity contribution in [1.29, 1.82) is 5.26 Å². The van der Waals surface area contributed by atoms with Crippen molar-refractivity contribution >= 4 is 11.7 Å². The molecule has 3 rings (SSSR count). The van der Waals surface area contributed by atoms with Gasteiger partial charge in [0, 0.05) is 37.9 Å². The predicted molar refractivity (Wildman–Crippen MR) is 102 cm³/mol. The molecule has 0 N–H and O–H groups in total. The number of anilines is 1. The van der Waals surface area contributed by atoms with Crippen LogP contribution in [-0.2, 0) is 4.74 Å². The molecule has 5 nitrogen and oxygen atoms in total. The van der Waals surface area contributed by atoms with Crippen molar-refractivity contribution in [2.75, 3.05) is 31.1 Å². The molecular formula is C21H29N3O2. The maximum absolute atomic E-state index is 12.4. The van der Waals surface area contributed by atoms with Gasteiger partial charge < -0.3 is 9.64 Å². The van der Waals surface area contributed by atoms with Crippen molar-refractivity contribution in [3.05, 3.63) is 29.8 Å². The summed E-state index contributed by atoms with van der Waals surface area (Å²) in [4.78, 5) is 17.3. The molecule has 1 heterocycles. The third kappa shape index (κ3) is 4.37. The topological polar surface area (TPSA) is 56.6 Å². The van der Waals surface area contributed by atoms with Gasteiger partial charge in [0.25, 0.3) is 0 Å². The second-order valence-electron chi connectivity index (χ2n) is 7.63. The first-order chi connectivity index (χ1) is 12.6. The number of carbonyl (C=O) groups is 1. The Labute approximate surface area is 156 Å². The first kappa shape index (κ1) is 18.7. The number of nitriles is 1. The van der Waals surface area contributed by atoms with Crippen molar-refractivity contribution in [3.63, 3.8) is 0 Å². The molecule has 1 aromatic rings. The zero-order chi connectivity index (χ0) is 18.5. The maximum atomic E-state index is 12.4. The highest BCUT2D eigenvalue weighted by Gasteiger charge is 2.28. The average Bonchev–Trinajstić information content (AvgIpc) is 2.68. The Hall–Kier alpha value is -2.06. The SMILES string of the molecule is CC(C)N1CCN(c2ccc(C(=O)O[C@H]3CCCC[C@H]3C#N)cc2)CC1. The zero-order valence-corrected chi connectivity index (χ0v) is 15.9. The molecule has 0 spiro atoms. The van der Waals surface area contributed by atoms with Gasteiger partial charge in [-0.25, -0.2) is 4.79 Å². The summed E-state index contributed by atoms with van der Waals surface area (Å²) in [6.07, 6.45) is 3.44. The minimum absolute atomic E-state index is 0.163. The van der Waals surface area contributed by atoms with Gasteiger partial charge in [-0.3, -0.25) is 4.90 Å². The molecule has 1 saturated carbocycles. The van der Waals surface area contributed by atoms with Crippen LogP contribution in [0, 0.1) is 17.2 Å². The van der Waals surface area contributed by atoms with Crippen molar-refractivity contribution in [2.24, 2.45) is 5.92 Å². The highest BCUT2D eigenvalue weighted by Crippen LogP contribution is 2.27. The van der Waals surface area contributed by atoms with Gasteiger partial charge in [-0.2, -0.15) is 5.26 Å². The van der Waals surface area contributed by atoms with E-state index in [1.54, 1.807) is 0 Å². The fourth-order valence-corrected chi connectivity index (χ4v) is 3.90. The number of hydrogen-bond donors (Lipinski definition) is 0. The smallest absolute Gasteiger partial charge is 0.338 e. The van der Waals surface area contributed by atoms with E-state index < -0.39 is 0 Å². The van der Waals surface area contributed by atoms with Crippen molar-refractivity contribution in [3.8, 4) is 6.07 Å². The van der Waals surface area contributed by atoms with E-state index in [9.17, 15) is 10.1 Å². The molecule has 1 aliphatic heterocycles. The van der Waals surface area contributed by atoms with Gasteiger partial charge in [-0.15, -0.1) is 0 Å². The Morgan fingerprint density at radius 3 is 2.38 bits per heavy atom. The number of esters is 1. The molecule has 1 saturated heterocycles. The number of hydrogen-bond acceptors (Lipinski definition) is 5. The molecule has 0 unspecified atom stereocenters. The monoisotopic (exact) mass is 355 g/mol. The Kier molecular flexibility index (Phi) is 6.16. The van der Waals surface area contributed by atoms with Crippen molar-refractivity contribution in [1.82, 2.24) is 4.90 Å². The molecule has 5 heteroatoms. The van der Waals surface area contributed by atoms with E-state index >= 15 is 0 Å². The largest absolute Gasteiger partial charge is 0.457 e. The maximum Gasteiger partial charge on any atom is 0.338 e. The molecule has 0 aromatic heterocycles. The van der Waals surface area contributed by atoms with Crippen molar-refractivity contribution in [2.45, 2.75) is 51.7 Å². The van der Waals surface area contributed by atoms with E-state index in [4.69, 9.17) is 4.74 Å². The van der Waals surface area contributed by atoms with E-state index in [-0.39, 0.29) is 18.0 Å². The van der Waals surface area contributed by atoms with E-state index in [0.717, 1.165) is 57.5 Å².